The van der Waals surface area contributed by atoms with E-state index >= 15 is 0 Å². The van der Waals surface area contributed by atoms with Crippen LogP contribution in [0.1, 0.15) is 48.7 Å². The van der Waals surface area contributed by atoms with Gasteiger partial charge in [-0.05, 0) is 32.4 Å². The van der Waals surface area contributed by atoms with Crippen LogP contribution < -0.4 is 4.90 Å². The first-order valence-electron chi connectivity index (χ1n) is 8.87. The van der Waals surface area contributed by atoms with Crippen LogP contribution in [0.3, 0.4) is 0 Å². The molecular formula is C19H21N3O5S2. The highest BCUT2D eigenvalue weighted by Crippen LogP contribution is 2.34. The maximum atomic E-state index is 12.5. The van der Waals surface area contributed by atoms with Gasteiger partial charge in [-0.15, -0.1) is 11.3 Å². The highest BCUT2D eigenvalue weighted by atomic mass is 32.1. The number of thiazole rings is 1. The summed E-state index contributed by atoms with van der Waals surface area (Å²) >= 11 is 2.71. The van der Waals surface area contributed by atoms with E-state index in [0.717, 1.165) is 14.7 Å². The number of rotatable bonds is 7. The number of Topliss-reactive ketones (excluding diaryl/α,β-unsaturated/α-hetero) is 1. The van der Waals surface area contributed by atoms with Crippen molar-refractivity contribution < 1.29 is 23.9 Å². The number of esters is 2. The number of nitrogens with one attached hydrogen (secondary N) is 1. The van der Waals surface area contributed by atoms with Crippen LogP contribution in [0.4, 0.5) is 5.13 Å². The normalized spacial score (nSPS) is 10.9. The molecule has 0 spiro atoms. The van der Waals surface area contributed by atoms with Crippen molar-refractivity contribution in [2.24, 2.45) is 0 Å². The fourth-order valence-corrected chi connectivity index (χ4v) is 4.86. The molecule has 0 aliphatic rings. The Hall–Kier alpha value is -2.72. The first-order valence-corrected chi connectivity index (χ1v) is 10.5. The number of carbonyl (C=O) groups is 3. The van der Waals surface area contributed by atoms with E-state index in [2.05, 4.69) is 9.97 Å². The largest absolute Gasteiger partial charge is 0.462 e. The first-order chi connectivity index (χ1) is 13.7. The Balaban J connectivity index is 1.69. The van der Waals surface area contributed by atoms with Crippen molar-refractivity contribution in [3.63, 3.8) is 0 Å². The Morgan fingerprint density at radius 1 is 1.14 bits per heavy atom. The number of thiophene rings is 1. The molecule has 0 radical (unpaired) electrons. The molecule has 0 aliphatic heterocycles. The number of fused-ring (bicyclic) bond motifs is 1. The fraction of sp³-hybridized carbons (Fsp3) is 0.368. The van der Waals surface area contributed by atoms with Gasteiger partial charge in [0.05, 0.1) is 22.6 Å². The first kappa shape index (κ1) is 21.0. The summed E-state index contributed by atoms with van der Waals surface area (Å²) in [5.41, 5.74) is 1.60. The van der Waals surface area contributed by atoms with Crippen molar-refractivity contribution in [3.8, 4) is 0 Å². The molecule has 0 fully saturated rings. The minimum absolute atomic E-state index is 0.239. The maximum Gasteiger partial charge on any atom is 0.348 e. The van der Waals surface area contributed by atoms with Crippen LogP contribution in [0.2, 0.25) is 0 Å². The zero-order chi connectivity index (χ0) is 21.3. The number of ketones is 1. The second-order valence-electron chi connectivity index (χ2n) is 6.52. The van der Waals surface area contributed by atoms with Crippen molar-refractivity contribution in [2.45, 2.75) is 20.8 Å². The van der Waals surface area contributed by atoms with E-state index in [1.165, 1.54) is 22.7 Å². The molecule has 8 nitrogen and oxygen atoms in total. The van der Waals surface area contributed by atoms with E-state index in [1.807, 2.05) is 19.0 Å². The van der Waals surface area contributed by atoms with Gasteiger partial charge in [0.25, 0.3) is 0 Å². The van der Waals surface area contributed by atoms with Crippen LogP contribution in [0, 0.1) is 13.8 Å². The van der Waals surface area contributed by atoms with E-state index < -0.39 is 24.3 Å². The minimum atomic E-state index is -0.577. The highest BCUT2D eigenvalue weighted by molar-refractivity contribution is 7.29. The van der Waals surface area contributed by atoms with Crippen LogP contribution in [0.5, 0.6) is 0 Å². The second-order valence-corrected chi connectivity index (χ2v) is 8.56. The molecule has 3 heterocycles. The van der Waals surface area contributed by atoms with Gasteiger partial charge in [-0.25, -0.2) is 14.6 Å². The molecule has 3 rings (SSSR count). The third kappa shape index (κ3) is 4.18. The van der Waals surface area contributed by atoms with Crippen LogP contribution in [0.25, 0.3) is 9.53 Å². The van der Waals surface area contributed by atoms with Gasteiger partial charge in [0.1, 0.15) is 9.71 Å². The van der Waals surface area contributed by atoms with E-state index in [9.17, 15) is 14.4 Å². The van der Waals surface area contributed by atoms with E-state index in [4.69, 9.17) is 9.47 Å². The van der Waals surface area contributed by atoms with E-state index in [0.29, 0.717) is 21.7 Å². The molecule has 0 amide bonds. The summed E-state index contributed by atoms with van der Waals surface area (Å²) in [6, 6.07) is 1.72. The molecule has 0 atom stereocenters. The Morgan fingerprint density at radius 2 is 1.86 bits per heavy atom. The monoisotopic (exact) mass is 435 g/mol. The number of aromatic amines is 1. The van der Waals surface area contributed by atoms with Crippen molar-refractivity contribution in [3.05, 3.63) is 33.5 Å². The fourth-order valence-electron chi connectivity index (χ4n) is 2.83. The Bertz CT molecular complexity index is 1060. The summed E-state index contributed by atoms with van der Waals surface area (Å²) in [5, 5.41) is 0.858. The maximum absolute atomic E-state index is 12.5. The number of anilines is 1. The van der Waals surface area contributed by atoms with Gasteiger partial charge >= 0.3 is 11.9 Å². The molecule has 0 unspecified atom stereocenters. The molecule has 0 aliphatic carbocycles. The summed E-state index contributed by atoms with van der Waals surface area (Å²) in [5.74, 6) is -1.48. The summed E-state index contributed by atoms with van der Waals surface area (Å²) in [7, 11) is 3.81. The second kappa shape index (κ2) is 8.34. The molecule has 0 bridgehead atoms. The molecule has 0 saturated heterocycles. The van der Waals surface area contributed by atoms with Gasteiger partial charge in [-0.3, -0.25) is 4.79 Å². The van der Waals surface area contributed by atoms with Gasteiger partial charge in [-0.1, -0.05) is 11.3 Å². The molecule has 0 aromatic carbocycles. The van der Waals surface area contributed by atoms with Crippen LogP contribution >= 0.6 is 22.7 Å². The van der Waals surface area contributed by atoms with Gasteiger partial charge in [-0.2, -0.15) is 0 Å². The van der Waals surface area contributed by atoms with E-state index in [-0.39, 0.29) is 12.3 Å². The lowest BCUT2D eigenvalue weighted by atomic mass is 10.1. The van der Waals surface area contributed by atoms with Gasteiger partial charge in [0.15, 0.2) is 11.7 Å². The smallest absolute Gasteiger partial charge is 0.348 e. The van der Waals surface area contributed by atoms with Crippen molar-refractivity contribution in [1.29, 1.82) is 0 Å². The Morgan fingerprint density at radius 3 is 2.48 bits per heavy atom. The Labute approximate surface area is 175 Å². The molecule has 154 valence electrons. The molecule has 10 heteroatoms. The Kier molecular flexibility index (Phi) is 6.04. The zero-order valence-corrected chi connectivity index (χ0v) is 18.4. The molecule has 3 aromatic rings. The number of ether oxygens (including phenoxy) is 2. The topological polar surface area (TPSA) is 102 Å². The van der Waals surface area contributed by atoms with Crippen LogP contribution in [-0.2, 0) is 9.47 Å². The average molecular weight is 436 g/mol. The third-order valence-corrected chi connectivity index (χ3v) is 6.50. The van der Waals surface area contributed by atoms with Gasteiger partial charge in [0.2, 0.25) is 5.78 Å². The molecule has 0 saturated carbocycles. The van der Waals surface area contributed by atoms with Gasteiger partial charge in [0, 0.05) is 19.8 Å². The molecule has 1 N–H and O–H groups in total. The lowest BCUT2D eigenvalue weighted by Crippen LogP contribution is -2.15. The number of hydrogen-bond acceptors (Lipinski definition) is 9. The number of aryl methyl sites for hydroxylation is 1. The van der Waals surface area contributed by atoms with Crippen molar-refractivity contribution in [1.82, 2.24) is 9.97 Å². The summed E-state index contributed by atoms with van der Waals surface area (Å²) in [6.45, 7) is 4.88. The number of aromatic nitrogens is 2. The quantitative estimate of drug-likeness (QED) is 0.447. The number of nitrogens with zero attached hydrogens (tertiary/aromatic N) is 2. The predicted octanol–water partition coefficient (Wildman–Crippen LogP) is 3.59. The lowest BCUT2D eigenvalue weighted by molar-refractivity contribution is 0.0477. The molecule has 3 aromatic heterocycles. The SMILES string of the molecule is CCOC(=O)c1c(C)[nH]c(C(=O)COC(=O)c2cc3sc(N(C)C)nc3s2)c1C. The third-order valence-electron chi connectivity index (χ3n) is 4.19. The number of H-pyrrole nitrogens is 1. The molecule has 29 heavy (non-hydrogen) atoms. The lowest BCUT2D eigenvalue weighted by Gasteiger charge is -2.05. The average Bonchev–Trinajstić information content (AvgIpc) is 3.31. The number of carbonyl (C=O) groups excluding carboxylic acids is 3. The van der Waals surface area contributed by atoms with Gasteiger partial charge < -0.3 is 19.4 Å². The summed E-state index contributed by atoms with van der Waals surface area (Å²) < 4.78 is 11.1. The standard InChI is InChI=1S/C19H21N3O5S2/c1-6-26-18(25)14-9(2)15(20-10(14)3)11(23)8-27-17(24)13-7-12-16(28-13)21-19(29-12)22(4)5/h7,20H,6,8H2,1-5H3. The summed E-state index contributed by atoms with van der Waals surface area (Å²) in [6.07, 6.45) is 0. The van der Waals surface area contributed by atoms with Crippen LogP contribution in [-0.4, -0.2) is 55.0 Å². The minimum Gasteiger partial charge on any atom is -0.462 e. The number of hydrogen-bond donors (Lipinski definition) is 1. The van der Waals surface area contributed by atoms with Crippen molar-refractivity contribution >= 4 is 55.1 Å². The van der Waals surface area contributed by atoms with Crippen molar-refractivity contribution in [2.75, 3.05) is 32.2 Å². The van der Waals surface area contributed by atoms with E-state index in [1.54, 1.807) is 26.8 Å². The van der Waals surface area contributed by atoms with Crippen LogP contribution in [0.15, 0.2) is 6.07 Å². The molecular weight excluding hydrogens is 414 g/mol. The summed E-state index contributed by atoms with van der Waals surface area (Å²) in [4.78, 5) is 47.3. The highest BCUT2D eigenvalue weighted by Gasteiger charge is 2.24. The predicted molar refractivity (Wildman–Crippen MR) is 113 cm³/mol. The zero-order valence-electron chi connectivity index (χ0n) is 16.7.